The monoisotopic (exact) mass is 458 g/mol. The van der Waals surface area contributed by atoms with Crippen molar-refractivity contribution in [2.24, 2.45) is 5.92 Å². The van der Waals surface area contributed by atoms with E-state index in [1.165, 1.54) is 13.0 Å². The van der Waals surface area contributed by atoms with E-state index in [4.69, 9.17) is 0 Å². The second-order valence-corrected chi connectivity index (χ2v) is 8.60. The molecule has 7 nitrogen and oxygen atoms in total. The molecule has 0 spiro atoms. The summed E-state index contributed by atoms with van der Waals surface area (Å²) in [6, 6.07) is 3.04. The zero-order chi connectivity index (χ0) is 22.8. The number of thiazole rings is 1. The fourth-order valence-corrected chi connectivity index (χ4v) is 4.83. The molecule has 4 N–H and O–H groups in total. The maximum absolute atomic E-state index is 13.6. The van der Waals surface area contributed by atoms with E-state index in [1.807, 2.05) is 5.32 Å². The van der Waals surface area contributed by atoms with Gasteiger partial charge in [-0.25, -0.2) is 9.78 Å². The van der Waals surface area contributed by atoms with Gasteiger partial charge in [-0.1, -0.05) is 37.2 Å². The number of halogens is 3. The van der Waals surface area contributed by atoms with Crippen LogP contribution in [0.4, 0.5) is 23.1 Å². The summed E-state index contributed by atoms with van der Waals surface area (Å²) in [6.07, 6.45) is -1.21. The third kappa shape index (κ3) is 4.62. The molecule has 31 heavy (non-hydrogen) atoms. The molecule has 1 saturated carbocycles. The third-order valence-corrected chi connectivity index (χ3v) is 6.54. The van der Waals surface area contributed by atoms with Crippen LogP contribution < -0.4 is 16.0 Å². The van der Waals surface area contributed by atoms with Gasteiger partial charge in [0.05, 0.1) is 10.2 Å². The van der Waals surface area contributed by atoms with Gasteiger partial charge in [-0.15, -0.1) is 0 Å². The van der Waals surface area contributed by atoms with Gasteiger partial charge >= 0.3 is 12.2 Å². The lowest BCUT2D eigenvalue weighted by Gasteiger charge is -2.29. The number of fused-ring (bicyclic) bond motifs is 1. The zero-order valence-electron chi connectivity index (χ0n) is 17.2. The number of urea groups is 1. The molecule has 3 rings (SSSR count). The maximum atomic E-state index is 13.6. The highest BCUT2D eigenvalue weighted by Gasteiger charge is 2.60. The summed E-state index contributed by atoms with van der Waals surface area (Å²) in [5, 5.41) is 18.1. The number of carbonyl (C=O) groups is 2. The lowest BCUT2D eigenvalue weighted by atomic mass is 9.92. The highest BCUT2D eigenvalue weighted by atomic mass is 32.1. The van der Waals surface area contributed by atoms with Crippen LogP contribution in [0, 0.1) is 5.92 Å². The quantitative estimate of drug-likeness (QED) is 0.527. The number of nitrogens with one attached hydrogen (secondary N) is 3. The number of anilines is 1. The van der Waals surface area contributed by atoms with Gasteiger partial charge in [0.1, 0.15) is 0 Å². The molecular formula is C20H25F3N4O3S. The van der Waals surface area contributed by atoms with Crippen LogP contribution in [-0.2, 0) is 10.4 Å². The van der Waals surface area contributed by atoms with Crippen molar-refractivity contribution >= 4 is 38.6 Å². The normalized spacial score (nSPS) is 21.0. The van der Waals surface area contributed by atoms with Crippen LogP contribution in [0.5, 0.6) is 0 Å². The molecule has 1 aromatic carbocycles. The first kappa shape index (κ1) is 23.3. The van der Waals surface area contributed by atoms with Gasteiger partial charge in [0.2, 0.25) is 0 Å². The second-order valence-electron chi connectivity index (χ2n) is 7.57. The van der Waals surface area contributed by atoms with Crippen LogP contribution in [0.15, 0.2) is 18.2 Å². The van der Waals surface area contributed by atoms with Crippen molar-refractivity contribution in [3.63, 3.8) is 0 Å². The summed E-state index contributed by atoms with van der Waals surface area (Å²) in [4.78, 5) is 28.6. The molecule has 0 radical (unpaired) electrons. The largest absolute Gasteiger partial charge is 0.430 e. The lowest BCUT2D eigenvalue weighted by molar-refractivity contribution is -0.256. The number of benzene rings is 1. The summed E-state index contributed by atoms with van der Waals surface area (Å²) in [7, 11) is 0. The number of hydrogen-bond acceptors (Lipinski definition) is 5. The van der Waals surface area contributed by atoms with Crippen LogP contribution >= 0.6 is 11.3 Å². The molecule has 3 amide bonds. The molecule has 2 aromatic rings. The van der Waals surface area contributed by atoms with Crippen molar-refractivity contribution in [1.29, 1.82) is 0 Å². The molecule has 0 unspecified atom stereocenters. The minimum Gasteiger partial charge on any atom is -0.369 e. The molecular weight excluding hydrogens is 433 g/mol. The smallest absolute Gasteiger partial charge is 0.369 e. The van der Waals surface area contributed by atoms with E-state index < -0.39 is 29.3 Å². The molecule has 0 aliphatic heterocycles. The van der Waals surface area contributed by atoms with Crippen molar-refractivity contribution in [3.8, 4) is 0 Å². The number of alkyl halides is 3. The van der Waals surface area contributed by atoms with E-state index >= 15 is 0 Å². The number of likely N-dealkylation sites (N-methyl/N-ethyl adjacent to an activating group) is 1. The SMILES string of the molecule is CCNC(=O)[C@@](O)(c1ccc2nc(NC(=O)N[C@@H]3CCC[C@H]3CC)sc2c1)C(F)(F)F. The highest BCUT2D eigenvalue weighted by Crippen LogP contribution is 2.41. The maximum Gasteiger partial charge on any atom is 0.430 e. The van der Waals surface area contributed by atoms with Crippen molar-refractivity contribution in [2.75, 3.05) is 11.9 Å². The molecule has 0 bridgehead atoms. The molecule has 1 heterocycles. The van der Waals surface area contributed by atoms with Crippen molar-refractivity contribution in [2.45, 2.75) is 57.3 Å². The first-order valence-electron chi connectivity index (χ1n) is 10.2. The Bertz CT molecular complexity index is 965. The van der Waals surface area contributed by atoms with Gasteiger partial charge < -0.3 is 15.7 Å². The van der Waals surface area contributed by atoms with Crippen molar-refractivity contribution in [1.82, 2.24) is 15.6 Å². The van der Waals surface area contributed by atoms with Crippen LogP contribution in [0.3, 0.4) is 0 Å². The number of nitrogens with zero attached hydrogens (tertiary/aromatic N) is 1. The fraction of sp³-hybridized carbons (Fsp3) is 0.550. The minimum absolute atomic E-state index is 0.0664. The first-order valence-corrected chi connectivity index (χ1v) is 11.0. The van der Waals surface area contributed by atoms with E-state index in [0.717, 1.165) is 49.2 Å². The molecule has 11 heteroatoms. The van der Waals surface area contributed by atoms with E-state index in [-0.39, 0.29) is 17.7 Å². The van der Waals surface area contributed by atoms with Crippen LogP contribution in [0.1, 0.15) is 45.1 Å². The predicted octanol–water partition coefficient (Wildman–Crippen LogP) is 3.88. The molecule has 1 aliphatic carbocycles. The Labute approximate surface area is 181 Å². The number of aromatic nitrogens is 1. The highest BCUT2D eigenvalue weighted by molar-refractivity contribution is 7.22. The van der Waals surface area contributed by atoms with Gasteiger partial charge in [-0.3, -0.25) is 10.1 Å². The summed E-state index contributed by atoms with van der Waals surface area (Å²) < 4.78 is 41.1. The Morgan fingerprint density at radius 2 is 2.00 bits per heavy atom. The standard InChI is InChI=1S/C20H25F3N4O3S/c1-3-11-6-5-7-13(11)25-17(29)27-18-26-14-9-8-12(10-15(14)31-18)19(30,20(21,22)23)16(28)24-4-2/h8-11,13,30H,3-7H2,1-2H3,(H,24,28)(H2,25,26,27,29)/t11-,13-,19+/m1/s1. The molecule has 0 saturated heterocycles. The summed E-state index contributed by atoms with van der Waals surface area (Å²) in [5.41, 5.74) is -3.96. The Hall–Kier alpha value is -2.40. The number of carbonyl (C=O) groups excluding carboxylic acids is 2. The third-order valence-electron chi connectivity index (χ3n) is 5.60. The topological polar surface area (TPSA) is 103 Å². The van der Waals surface area contributed by atoms with Gasteiger partial charge in [0, 0.05) is 18.2 Å². The number of amides is 3. The second kappa shape index (κ2) is 8.99. The van der Waals surface area contributed by atoms with E-state index in [1.54, 1.807) is 0 Å². The number of rotatable bonds is 6. The number of hydrogen-bond donors (Lipinski definition) is 4. The average Bonchev–Trinajstić information content (AvgIpc) is 3.31. The van der Waals surface area contributed by atoms with Gasteiger partial charge in [-0.2, -0.15) is 13.2 Å². The minimum atomic E-state index is -5.22. The summed E-state index contributed by atoms with van der Waals surface area (Å²) in [6.45, 7) is 3.47. The van der Waals surface area contributed by atoms with E-state index in [0.29, 0.717) is 16.1 Å². The summed E-state index contributed by atoms with van der Waals surface area (Å²) >= 11 is 0.963. The molecule has 170 valence electrons. The molecule has 3 atom stereocenters. The Balaban J connectivity index is 1.82. The van der Waals surface area contributed by atoms with Crippen molar-refractivity contribution < 1.29 is 27.9 Å². The van der Waals surface area contributed by atoms with Crippen molar-refractivity contribution in [3.05, 3.63) is 23.8 Å². The van der Waals surface area contributed by atoms with Gasteiger partial charge in [-0.05, 0) is 37.8 Å². The number of aliphatic hydroxyl groups is 1. The van der Waals surface area contributed by atoms with Gasteiger partial charge in [0.25, 0.3) is 11.5 Å². The van der Waals surface area contributed by atoms with Crippen LogP contribution in [0.25, 0.3) is 10.2 Å². The Morgan fingerprint density at radius 3 is 2.65 bits per heavy atom. The Morgan fingerprint density at radius 1 is 1.26 bits per heavy atom. The summed E-state index contributed by atoms with van der Waals surface area (Å²) in [5.74, 6) is -1.12. The first-order chi connectivity index (χ1) is 14.6. The van der Waals surface area contributed by atoms with E-state index in [9.17, 15) is 27.9 Å². The predicted molar refractivity (Wildman–Crippen MR) is 112 cm³/mol. The molecule has 1 aromatic heterocycles. The fourth-order valence-electron chi connectivity index (χ4n) is 3.93. The van der Waals surface area contributed by atoms with Crippen LogP contribution in [0.2, 0.25) is 0 Å². The van der Waals surface area contributed by atoms with Crippen LogP contribution in [-0.4, -0.2) is 40.8 Å². The van der Waals surface area contributed by atoms with Gasteiger partial charge in [0.15, 0.2) is 5.13 Å². The molecule has 1 aliphatic rings. The van der Waals surface area contributed by atoms with E-state index in [2.05, 4.69) is 22.5 Å². The average molecular weight is 459 g/mol. The zero-order valence-corrected chi connectivity index (χ0v) is 18.0. The molecule has 1 fully saturated rings. The Kier molecular flexibility index (Phi) is 6.75. The lowest BCUT2D eigenvalue weighted by Crippen LogP contribution is -2.54.